The molecule has 2 unspecified atom stereocenters. The van der Waals surface area contributed by atoms with Crippen LogP contribution in [-0.2, 0) is 16.4 Å². The molecule has 4 rings (SSSR count). The molecule has 2 fully saturated rings. The van der Waals surface area contributed by atoms with Gasteiger partial charge < -0.3 is 4.74 Å². The first-order chi connectivity index (χ1) is 14.1. The Morgan fingerprint density at radius 2 is 1.97 bits per heavy atom. The average molecular weight is 416 g/mol. The Labute approximate surface area is 173 Å². The summed E-state index contributed by atoms with van der Waals surface area (Å²) < 4.78 is 30.2. The Hall–Kier alpha value is -1.93. The Balaban J connectivity index is 1.53. The molecule has 29 heavy (non-hydrogen) atoms. The molecule has 2 heterocycles. The van der Waals surface area contributed by atoms with Crippen molar-refractivity contribution in [3.63, 3.8) is 0 Å². The summed E-state index contributed by atoms with van der Waals surface area (Å²) in [7, 11) is -1.49. The molecule has 156 valence electrons. The zero-order valence-electron chi connectivity index (χ0n) is 16.8. The number of benzene rings is 2. The SMILES string of the molecule is COc1ccc(C2NCCS2(=O)=O)cc1CNN1CCCCC1c1ccccc1. The van der Waals surface area contributed by atoms with Crippen molar-refractivity contribution in [2.45, 2.75) is 37.2 Å². The molecule has 2 atom stereocenters. The normalized spacial score (nSPS) is 24.4. The summed E-state index contributed by atoms with van der Waals surface area (Å²) in [6, 6.07) is 16.6. The quantitative estimate of drug-likeness (QED) is 0.756. The molecule has 0 aromatic heterocycles. The highest BCUT2D eigenvalue weighted by molar-refractivity contribution is 7.91. The highest BCUT2D eigenvalue weighted by atomic mass is 32.2. The molecular formula is C22H29N3O3S. The van der Waals surface area contributed by atoms with Crippen molar-refractivity contribution in [2.75, 3.05) is 26.0 Å². The van der Waals surface area contributed by atoms with E-state index in [1.165, 1.54) is 12.0 Å². The molecule has 7 heteroatoms. The monoisotopic (exact) mass is 415 g/mol. The number of rotatable bonds is 6. The predicted molar refractivity (Wildman–Crippen MR) is 114 cm³/mol. The molecule has 6 nitrogen and oxygen atoms in total. The van der Waals surface area contributed by atoms with Gasteiger partial charge in [0.2, 0.25) is 0 Å². The number of nitrogens with one attached hydrogen (secondary N) is 2. The standard InChI is InChI=1S/C22H29N3O3S/c1-28-21-11-10-18(22-23-12-14-29(22,26)27)15-19(21)16-24-25-13-6-5-9-20(25)17-7-3-2-4-8-17/h2-4,7-8,10-11,15,20,22-24H,5-6,9,12-14,16H2,1H3. The molecule has 0 saturated carbocycles. The van der Waals surface area contributed by atoms with Crippen molar-refractivity contribution < 1.29 is 13.2 Å². The van der Waals surface area contributed by atoms with Gasteiger partial charge in [-0.2, -0.15) is 0 Å². The van der Waals surface area contributed by atoms with Crippen molar-refractivity contribution in [1.29, 1.82) is 0 Å². The Morgan fingerprint density at radius 3 is 2.69 bits per heavy atom. The molecule has 0 aliphatic carbocycles. The maximum atomic E-state index is 12.3. The van der Waals surface area contributed by atoms with Gasteiger partial charge in [0.15, 0.2) is 9.84 Å². The lowest BCUT2D eigenvalue weighted by Crippen LogP contribution is -2.43. The smallest absolute Gasteiger partial charge is 0.171 e. The zero-order valence-corrected chi connectivity index (χ0v) is 17.6. The molecular weight excluding hydrogens is 386 g/mol. The fraction of sp³-hybridized carbons (Fsp3) is 0.455. The number of hydrogen-bond acceptors (Lipinski definition) is 6. The van der Waals surface area contributed by atoms with E-state index in [1.807, 2.05) is 24.3 Å². The molecule has 0 bridgehead atoms. The first-order valence-electron chi connectivity index (χ1n) is 10.3. The molecule has 0 amide bonds. The minimum Gasteiger partial charge on any atom is -0.496 e. The van der Waals surface area contributed by atoms with Crippen LogP contribution in [0.2, 0.25) is 0 Å². The fourth-order valence-corrected chi connectivity index (χ4v) is 5.90. The molecule has 2 N–H and O–H groups in total. The fourth-order valence-electron chi connectivity index (χ4n) is 4.33. The van der Waals surface area contributed by atoms with Gasteiger partial charge in [0.25, 0.3) is 0 Å². The summed E-state index contributed by atoms with van der Waals surface area (Å²) in [6.07, 6.45) is 3.51. The van der Waals surface area contributed by atoms with Gasteiger partial charge in [0, 0.05) is 31.2 Å². The molecule has 0 spiro atoms. The van der Waals surface area contributed by atoms with Crippen LogP contribution in [0, 0.1) is 0 Å². The van der Waals surface area contributed by atoms with Crippen molar-refractivity contribution in [1.82, 2.24) is 15.8 Å². The van der Waals surface area contributed by atoms with Crippen LogP contribution in [0.15, 0.2) is 48.5 Å². The third-order valence-corrected chi connectivity index (χ3v) is 7.77. The lowest BCUT2D eigenvalue weighted by Gasteiger charge is -2.36. The minimum absolute atomic E-state index is 0.184. The van der Waals surface area contributed by atoms with E-state index in [2.05, 4.69) is 40.0 Å². The van der Waals surface area contributed by atoms with Gasteiger partial charge in [-0.25, -0.2) is 13.4 Å². The number of sulfone groups is 1. The van der Waals surface area contributed by atoms with E-state index in [-0.39, 0.29) is 5.75 Å². The number of methoxy groups -OCH3 is 1. The van der Waals surface area contributed by atoms with Gasteiger partial charge in [-0.1, -0.05) is 42.8 Å². The van der Waals surface area contributed by atoms with Crippen LogP contribution in [0.3, 0.4) is 0 Å². The average Bonchev–Trinajstić information content (AvgIpc) is 3.12. The second-order valence-electron chi connectivity index (χ2n) is 7.72. The van der Waals surface area contributed by atoms with Gasteiger partial charge >= 0.3 is 0 Å². The number of hydrogen-bond donors (Lipinski definition) is 2. The van der Waals surface area contributed by atoms with E-state index in [1.54, 1.807) is 7.11 Å². The number of piperidine rings is 1. The zero-order chi connectivity index (χ0) is 20.3. The highest BCUT2D eigenvalue weighted by Crippen LogP contribution is 2.31. The summed E-state index contributed by atoms with van der Waals surface area (Å²) in [5.41, 5.74) is 6.64. The van der Waals surface area contributed by atoms with Gasteiger partial charge in [-0.05, 0) is 36.1 Å². The number of hydrazine groups is 1. The number of ether oxygens (including phenoxy) is 1. The predicted octanol–water partition coefficient (Wildman–Crippen LogP) is 2.94. The summed E-state index contributed by atoms with van der Waals surface area (Å²) in [5.74, 6) is 0.953. The largest absolute Gasteiger partial charge is 0.496 e. The molecule has 2 aromatic rings. The van der Waals surface area contributed by atoms with Crippen LogP contribution in [-0.4, -0.2) is 39.4 Å². The maximum Gasteiger partial charge on any atom is 0.171 e. The van der Waals surface area contributed by atoms with E-state index in [9.17, 15) is 8.42 Å². The summed E-state index contributed by atoms with van der Waals surface area (Å²) in [4.78, 5) is 0. The lowest BCUT2D eigenvalue weighted by molar-refractivity contribution is 0.0821. The maximum absolute atomic E-state index is 12.3. The second kappa shape index (κ2) is 8.83. The van der Waals surface area contributed by atoms with Crippen LogP contribution in [0.25, 0.3) is 0 Å². The van der Waals surface area contributed by atoms with Gasteiger partial charge in [0.05, 0.1) is 12.9 Å². The van der Waals surface area contributed by atoms with Crippen LogP contribution in [0.1, 0.15) is 47.4 Å². The summed E-state index contributed by atoms with van der Waals surface area (Å²) in [6.45, 7) is 2.08. The van der Waals surface area contributed by atoms with Gasteiger partial charge in [-0.3, -0.25) is 10.7 Å². The van der Waals surface area contributed by atoms with Crippen molar-refractivity contribution >= 4 is 9.84 Å². The van der Waals surface area contributed by atoms with Crippen molar-refractivity contribution in [3.8, 4) is 5.75 Å². The topological polar surface area (TPSA) is 70.7 Å². The second-order valence-corrected chi connectivity index (χ2v) is 9.93. The van der Waals surface area contributed by atoms with Gasteiger partial charge in [-0.15, -0.1) is 0 Å². The van der Waals surface area contributed by atoms with Crippen molar-refractivity contribution in [3.05, 3.63) is 65.2 Å². The van der Waals surface area contributed by atoms with Gasteiger partial charge in [0.1, 0.15) is 11.1 Å². The van der Waals surface area contributed by atoms with Crippen LogP contribution in [0.4, 0.5) is 0 Å². The van der Waals surface area contributed by atoms with E-state index in [4.69, 9.17) is 4.74 Å². The number of nitrogens with zero attached hydrogens (tertiary/aromatic N) is 1. The Morgan fingerprint density at radius 1 is 1.14 bits per heavy atom. The molecule has 2 aliphatic heterocycles. The van der Waals surface area contributed by atoms with E-state index in [0.717, 1.165) is 36.3 Å². The Bertz CT molecular complexity index is 934. The molecule has 2 aliphatic rings. The van der Waals surface area contributed by atoms with Crippen LogP contribution >= 0.6 is 0 Å². The molecule has 2 aromatic carbocycles. The van der Waals surface area contributed by atoms with Crippen LogP contribution in [0.5, 0.6) is 5.75 Å². The summed E-state index contributed by atoms with van der Waals surface area (Å²) in [5, 5.41) is 4.79. The third-order valence-electron chi connectivity index (χ3n) is 5.84. The third kappa shape index (κ3) is 4.48. The first kappa shape index (κ1) is 20.3. The summed E-state index contributed by atoms with van der Waals surface area (Å²) >= 11 is 0. The minimum atomic E-state index is -3.14. The highest BCUT2D eigenvalue weighted by Gasteiger charge is 2.32. The van der Waals surface area contributed by atoms with Crippen molar-refractivity contribution in [2.24, 2.45) is 0 Å². The van der Waals surface area contributed by atoms with E-state index < -0.39 is 15.2 Å². The van der Waals surface area contributed by atoms with E-state index in [0.29, 0.717) is 19.1 Å². The van der Waals surface area contributed by atoms with Crippen LogP contribution < -0.4 is 15.5 Å². The molecule has 2 saturated heterocycles. The lowest BCUT2D eigenvalue weighted by atomic mass is 9.97. The first-order valence-corrected chi connectivity index (χ1v) is 12.0. The van der Waals surface area contributed by atoms with E-state index >= 15 is 0 Å². The molecule has 0 radical (unpaired) electrons. The Kier molecular flexibility index (Phi) is 6.20.